The minimum absolute atomic E-state index is 0.0108. The van der Waals surface area contributed by atoms with Gasteiger partial charge in [-0.3, -0.25) is 4.79 Å². The fraction of sp³-hybridized carbons (Fsp3) is 0.267. The molecule has 0 bridgehead atoms. The van der Waals surface area contributed by atoms with E-state index in [1.807, 2.05) is 72.5 Å². The number of rotatable bonds is 9. The molecule has 1 saturated heterocycles. The summed E-state index contributed by atoms with van der Waals surface area (Å²) in [7, 11) is 0. The van der Waals surface area contributed by atoms with Crippen LogP contribution in [0.5, 0.6) is 11.6 Å². The quantitative estimate of drug-likeness (QED) is 0.276. The van der Waals surface area contributed by atoms with Crippen LogP contribution in [0.4, 0.5) is 4.39 Å². The van der Waals surface area contributed by atoms with Gasteiger partial charge in [-0.05, 0) is 67.8 Å². The highest BCUT2D eigenvalue weighted by molar-refractivity contribution is 5.94. The normalized spacial score (nSPS) is 15.0. The lowest BCUT2D eigenvalue weighted by molar-refractivity contribution is 0.0505. The number of hydrogen-bond donors (Lipinski definition) is 0. The Morgan fingerprint density at radius 2 is 1.76 bits per heavy atom. The SMILES string of the molecule is CCc1nn(-c2ccccc2)c(Oc2ccc(F)cc2)c1CN(CC1CCCO1)C(=O)c1ccccc1. The predicted octanol–water partition coefficient (Wildman–Crippen LogP) is 6.19. The third-order valence-corrected chi connectivity index (χ3v) is 6.49. The fourth-order valence-electron chi connectivity index (χ4n) is 4.59. The molecule has 1 aliphatic rings. The van der Waals surface area contributed by atoms with Crippen molar-refractivity contribution in [2.45, 2.75) is 38.8 Å². The van der Waals surface area contributed by atoms with Gasteiger partial charge in [0, 0.05) is 18.7 Å². The van der Waals surface area contributed by atoms with Crippen molar-refractivity contribution < 1.29 is 18.7 Å². The monoisotopic (exact) mass is 499 g/mol. The summed E-state index contributed by atoms with van der Waals surface area (Å²) >= 11 is 0. The summed E-state index contributed by atoms with van der Waals surface area (Å²) in [6.45, 7) is 3.53. The molecule has 6 nitrogen and oxygen atoms in total. The van der Waals surface area contributed by atoms with Gasteiger partial charge >= 0.3 is 0 Å². The first-order valence-electron chi connectivity index (χ1n) is 12.7. The van der Waals surface area contributed by atoms with E-state index in [4.69, 9.17) is 14.6 Å². The van der Waals surface area contributed by atoms with Crippen molar-refractivity contribution in [2.75, 3.05) is 13.2 Å². The summed E-state index contributed by atoms with van der Waals surface area (Å²) in [5.74, 6) is 0.586. The highest BCUT2D eigenvalue weighted by Gasteiger charge is 2.28. The Morgan fingerprint density at radius 3 is 2.41 bits per heavy atom. The number of amides is 1. The maximum Gasteiger partial charge on any atom is 0.254 e. The first-order chi connectivity index (χ1) is 18.1. The summed E-state index contributed by atoms with van der Waals surface area (Å²) in [4.78, 5) is 15.5. The van der Waals surface area contributed by atoms with Crippen molar-refractivity contribution in [1.29, 1.82) is 0 Å². The average Bonchev–Trinajstić information content (AvgIpc) is 3.58. The molecule has 5 rings (SSSR count). The molecule has 0 saturated carbocycles. The van der Waals surface area contributed by atoms with Gasteiger partial charge < -0.3 is 14.4 Å². The van der Waals surface area contributed by atoms with E-state index in [9.17, 15) is 9.18 Å². The van der Waals surface area contributed by atoms with E-state index < -0.39 is 0 Å². The zero-order chi connectivity index (χ0) is 25.6. The second kappa shape index (κ2) is 11.4. The molecule has 1 atom stereocenters. The van der Waals surface area contributed by atoms with Crippen molar-refractivity contribution in [2.24, 2.45) is 0 Å². The molecule has 2 heterocycles. The van der Waals surface area contributed by atoms with Gasteiger partial charge in [-0.15, -0.1) is 0 Å². The number of benzene rings is 3. The van der Waals surface area contributed by atoms with Crippen LogP contribution in [0, 0.1) is 5.82 Å². The lowest BCUT2D eigenvalue weighted by Crippen LogP contribution is -2.37. The molecule has 1 aliphatic heterocycles. The molecule has 1 fully saturated rings. The van der Waals surface area contributed by atoms with Crippen LogP contribution in [-0.4, -0.2) is 39.8 Å². The Hall–Kier alpha value is -3.97. The molecule has 1 amide bonds. The Kier molecular flexibility index (Phi) is 7.61. The maximum absolute atomic E-state index is 13.7. The Morgan fingerprint density at radius 1 is 1.05 bits per heavy atom. The van der Waals surface area contributed by atoms with Crippen molar-refractivity contribution in [3.8, 4) is 17.3 Å². The zero-order valence-corrected chi connectivity index (χ0v) is 20.8. The minimum Gasteiger partial charge on any atom is -0.439 e. The average molecular weight is 500 g/mol. The van der Waals surface area contributed by atoms with Gasteiger partial charge in [0.25, 0.3) is 5.91 Å². The number of aryl methyl sites for hydroxylation is 1. The van der Waals surface area contributed by atoms with Crippen molar-refractivity contribution in [1.82, 2.24) is 14.7 Å². The van der Waals surface area contributed by atoms with Gasteiger partial charge in [0.1, 0.15) is 11.6 Å². The van der Waals surface area contributed by atoms with Gasteiger partial charge in [0.15, 0.2) is 0 Å². The van der Waals surface area contributed by atoms with Gasteiger partial charge in [-0.25, -0.2) is 9.07 Å². The third-order valence-electron chi connectivity index (χ3n) is 6.49. The van der Waals surface area contributed by atoms with E-state index in [2.05, 4.69) is 0 Å². The second-order valence-electron chi connectivity index (χ2n) is 9.07. The Balaban J connectivity index is 1.57. The fourth-order valence-corrected chi connectivity index (χ4v) is 4.59. The molecule has 1 unspecified atom stereocenters. The predicted molar refractivity (Wildman–Crippen MR) is 140 cm³/mol. The molecule has 3 aromatic carbocycles. The summed E-state index contributed by atoms with van der Waals surface area (Å²) < 4.78 is 27.6. The number of carbonyl (C=O) groups is 1. The number of aromatic nitrogens is 2. The summed E-state index contributed by atoms with van der Waals surface area (Å²) in [6.07, 6.45) is 2.55. The lowest BCUT2D eigenvalue weighted by Gasteiger charge is -2.26. The number of nitrogens with zero attached hydrogens (tertiary/aromatic N) is 3. The zero-order valence-electron chi connectivity index (χ0n) is 20.8. The Bertz CT molecular complexity index is 1320. The molecular formula is C30H30FN3O3. The number of para-hydroxylation sites is 1. The summed E-state index contributed by atoms with van der Waals surface area (Å²) in [6, 6.07) is 24.9. The van der Waals surface area contributed by atoms with Crippen LogP contribution in [-0.2, 0) is 17.7 Å². The number of carbonyl (C=O) groups excluding carboxylic acids is 1. The maximum atomic E-state index is 13.7. The van der Waals surface area contributed by atoms with Crippen LogP contribution in [0.15, 0.2) is 84.9 Å². The first-order valence-corrected chi connectivity index (χ1v) is 12.7. The van der Waals surface area contributed by atoms with Crippen LogP contribution in [0.1, 0.15) is 41.4 Å². The highest BCUT2D eigenvalue weighted by Crippen LogP contribution is 2.33. The second-order valence-corrected chi connectivity index (χ2v) is 9.07. The van der Waals surface area contributed by atoms with E-state index in [1.54, 1.807) is 16.8 Å². The molecule has 1 aromatic heterocycles. The van der Waals surface area contributed by atoms with Crippen LogP contribution >= 0.6 is 0 Å². The molecule has 0 aliphatic carbocycles. The first kappa shape index (κ1) is 24.7. The van der Waals surface area contributed by atoms with Crippen LogP contribution < -0.4 is 4.74 Å². The van der Waals surface area contributed by atoms with Crippen LogP contribution in [0.2, 0.25) is 0 Å². The van der Waals surface area contributed by atoms with Crippen molar-refractivity contribution in [3.63, 3.8) is 0 Å². The standard InChI is InChI=1S/C30H30FN3O3/c1-2-28-27(21-33(20-26-14-9-19-36-26)29(35)22-10-5-3-6-11-22)30(37-25-17-15-23(31)16-18-25)34(32-28)24-12-7-4-8-13-24/h3-8,10-13,15-18,26H,2,9,14,19-21H2,1H3. The number of ether oxygens (including phenoxy) is 2. The van der Waals surface area contributed by atoms with Crippen molar-refractivity contribution in [3.05, 3.63) is 108 Å². The smallest absolute Gasteiger partial charge is 0.254 e. The van der Waals surface area contributed by atoms with Crippen molar-refractivity contribution >= 4 is 5.91 Å². The largest absolute Gasteiger partial charge is 0.439 e. The minimum atomic E-state index is -0.338. The third kappa shape index (κ3) is 5.73. The summed E-state index contributed by atoms with van der Waals surface area (Å²) in [5.41, 5.74) is 3.10. The van der Waals surface area contributed by atoms with E-state index in [-0.39, 0.29) is 17.8 Å². The van der Waals surface area contributed by atoms with Gasteiger partial charge in [-0.2, -0.15) is 5.10 Å². The molecular weight excluding hydrogens is 469 g/mol. The molecule has 0 spiro atoms. The van der Waals surface area contributed by atoms with E-state index in [0.29, 0.717) is 43.3 Å². The Labute approximate surface area is 216 Å². The highest BCUT2D eigenvalue weighted by atomic mass is 19.1. The molecule has 190 valence electrons. The summed E-state index contributed by atoms with van der Waals surface area (Å²) in [5, 5.41) is 4.88. The topological polar surface area (TPSA) is 56.6 Å². The lowest BCUT2D eigenvalue weighted by atomic mass is 10.1. The van der Waals surface area contributed by atoms with E-state index in [1.165, 1.54) is 12.1 Å². The molecule has 4 aromatic rings. The molecule has 37 heavy (non-hydrogen) atoms. The number of halogens is 1. The van der Waals surface area contributed by atoms with Gasteiger partial charge in [0.2, 0.25) is 5.88 Å². The molecule has 0 N–H and O–H groups in total. The van der Waals surface area contributed by atoms with Crippen LogP contribution in [0.25, 0.3) is 5.69 Å². The van der Waals surface area contributed by atoms with Gasteiger partial charge in [0.05, 0.1) is 29.6 Å². The van der Waals surface area contributed by atoms with Crippen LogP contribution in [0.3, 0.4) is 0 Å². The van der Waals surface area contributed by atoms with E-state index >= 15 is 0 Å². The van der Waals surface area contributed by atoms with Gasteiger partial charge in [-0.1, -0.05) is 43.3 Å². The molecule has 7 heteroatoms. The molecule has 0 radical (unpaired) electrons. The number of hydrogen-bond acceptors (Lipinski definition) is 4. The van der Waals surface area contributed by atoms with E-state index in [0.717, 1.165) is 29.8 Å².